The first kappa shape index (κ1) is 11.3. The number of nitrogens with zero attached hydrogens (tertiary/aromatic N) is 1. The normalized spacial score (nSPS) is 22.9. The number of aromatic nitrogens is 1. The molecule has 2 aromatic rings. The second-order valence-electron chi connectivity index (χ2n) is 4.64. The summed E-state index contributed by atoms with van der Waals surface area (Å²) >= 11 is 0. The van der Waals surface area contributed by atoms with Crippen LogP contribution < -0.4 is 11.1 Å². The number of fused-ring (bicyclic) bond motifs is 1. The summed E-state index contributed by atoms with van der Waals surface area (Å²) in [6.45, 7) is 2.80. The van der Waals surface area contributed by atoms with Gasteiger partial charge in [-0.15, -0.1) is 0 Å². The summed E-state index contributed by atoms with van der Waals surface area (Å²) in [7, 11) is 0. The third-order valence-electron chi connectivity index (χ3n) is 3.24. The smallest absolute Gasteiger partial charge is 0.295 e. The van der Waals surface area contributed by atoms with Gasteiger partial charge in [-0.05, 0) is 38.0 Å². The van der Waals surface area contributed by atoms with E-state index in [-0.39, 0.29) is 0 Å². The molecular formula is C13H17N3O2. The molecule has 0 saturated heterocycles. The first-order valence-electron chi connectivity index (χ1n) is 6.29. The number of oxazole rings is 1. The van der Waals surface area contributed by atoms with Crippen LogP contribution in [-0.4, -0.2) is 23.7 Å². The van der Waals surface area contributed by atoms with Gasteiger partial charge in [0.05, 0.1) is 6.10 Å². The van der Waals surface area contributed by atoms with Crippen LogP contribution in [0.3, 0.4) is 0 Å². The average Bonchev–Trinajstić information content (AvgIpc) is 2.68. The van der Waals surface area contributed by atoms with Crippen LogP contribution >= 0.6 is 0 Å². The SMILES string of the molecule is CCOC1CC(Nc2nc3cc(N)ccc3o2)C1. The molecule has 1 aliphatic carbocycles. The fourth-order valence-corrected chi connectivity index (χ4v) is 2.24. The summed E-state index contributed by atoms with van der Waals surface area (Å²) in [6.07, 6.45) is 2.40. The Morgan fingerprint density at radius 1 is 1.50 bits per heavy atom. The highest BCUT2D eigenvalue weighted by molar-refractivity contribution is 5.78. The van der Waals surface area contributed by atoms with Gasteiger partial charge < -0.3 is 20.2 Å². The van der Waals surface area contributed by atoms with Crippen molar-refractivity contribution in [1.29, 1.82) is 0 Å². The van der Waals surface area contributed by atoms with Crippen molar-refractivity contribution in [3.05, 3.63) is 18.2 Å². The third-order valence-corrected chi connectivity index (χ3v) is 3.24. The Kier molecular flexibility index (Phi) is 2.83. The molecule has 0 radical (unpaired) electrons. The Morgan fingerprint density at radius 3 is 3.11 bits per heavy atom. The zero-order valence-corrected chi connectivity index (χ0v) is 10.3. The average molecular weight is 247 g/mol. The largest absolute Gasteiger partial charge is 0.424 e. The van der Waals surface area contributed by atoms with Crippen LogP contribution in [0, 0.1) is 0 Å². The van der Waals surface area contributed by atoms with E-state index in [1.54, 1.807) is 0 Å². The Hall–Kier alpha value is -1.75. The van der Waals surface area contributed by atoms with Crippen molar-refractivity contribution in [2.45, 2.75) is 31.9 Å². The van der Waals surface area contributed by atoms with E-state index in [1.807, 2.05) is 25.1 Å². The van der Waals surface area contributed by atoms with Crippen molar-refractivity contribution in [1.82, 2.24) is 4.98 Å². The molecule has 5 heteroatoms. The summed E-state index contributed by atoms with van der Waals surface area (Å²) in [5, 5.41) is 3.28. The van der Waals surface area contributed by atoms with Gasteiger partial charge in [0.25, 0.3) is 6.01 Å². The molecular weight excluding hydrogens is 230 g/mol. The van der Waals surface area contributed by atoms with E-state index in [9.17, 15) is 0 Å². The summed E-state index contributed by atoms with van der Waals surface area (Å²) < 4.78 is 11.1. The van der Waals surface area contributed by atoms with E-state index in [0.29, 0.717) is 23.8 Å². The van der Waals surface area contributed by atoms with Crippen molar-refractivity contribution >= 4 is 22.8 Å². The Bertz CT molecular complexity index is 546. The molecule has 18 heavy (non-hydrogen) atoms. The van der Waals surface area contributed by atoms with E-state index < -0.39 is 0 Å². The van der Waals surface area contributed by atoms with Crippen LogP contribution in [0.25, 0.3) is 11.1 Å². The van der Waals surface area contributed by atoms with Gasteiger partial charge in [0.15, 0.2) is 5.58 Å². The van der Waals surface area contributed by atoms with Crippen LogP contribution in [0.4, 0.5) is 11.7 Å². The summed E-state index contributed by atoms with van der Waals surface area (Å²) in [6, 6.07) is 6.43. The number of hydrogen-bond donors (Lipinski definition) is 2. The first-order valence-corrected chi connectivity index (χ1v) is 6.29. The second kappa shape index (κ2) is 4.49. The van der Waals surface area contributed by atoms with Gasteiger partial charge in [0.2, 0.25) is 0 Å². The number of hydrogen-bond acceptors (Lipinski definition) is 5. The van der Waals surface area contributed by atoms with E-state index in [0.717, 1.165) is 30.5 Å². The fourth-order valence-electron chi connectivity index (χ4n) is 2.24. The Labute approximate surface area is 105 Å². The molecule has 0 aliphatic heterocycles. The van der Waals surface area contributed by atoms with E-state index >= 15 is 0 Å². The number of rotatable bonds is 4. The molecule has 0 amide bonds. The number of benzene rings is 1. The molecule has 3 rings (SSSR count). The minimum atomic E-state index is 0.382. The molecule has 1 aliphatic rings. The summed E-state index contributed by atoms with van der Waals surface area (Å²) in [5.74, 6) is 0. The standard InChI is InChI=1S/C13H17N3O2/c1-2-17-10-6-9(7-10)15-13-16-11-5-8(14)3-4-12(11)18-13/h3-5,9-10H,2,6-7,14H2,1H3,(H,15,16). The Morgan fingerprint density at radius 2 is 2.33 bits per heavy atom. The van der Waals surface area contributed by atoms with E-state index in [1.165, 1.54) is 0 Å². The van der Waals surface area contributed by atoms with Gasteiger partial charge in [-0.25, -0.2) is 0 Å². The number of nitrogen functional groups attached to an aromatic ring is 1. The highest BCUT2D eigenvalue weighted by atomic mass is 16.5. The van der Waals surface area contributed by atoms with E-state index in [4.69, 9.17) is 14.9 Å². The lowest BCUT2D eigenvalue weighted by Crippen LogP contribution is -2.40. The maximum absolute atomic E-state index is 5.70. The first-order chi connectivity index (χ1) is 8.74. The topological polar surface area (TPSA) is 73.3 Å². The minimum Gasteiger partial charge on any atom is -0.424 e. The molecule has 0 atom stereocenters. The van der Waals surface area contributed by atoms with Crippen LogP contribution in [0.1, 0.15) is 19.8 Å². The van der Waals surface area contributed by atoms with Crippen LogP contribution in [-0.2, 0) is 4.74 Å². The Balaban J connectivity index is 1.65. The van der Waals surface area contributed by atoms with Crippen molar-refractivity contribution in [3.63, 3.8) is 0 Å². The lowest BCUT2D eigenvalue weighted by Gasteiger charge is -2.34. The number of nitrogens with one attached hydrogen (secondary N) is 1. The van der Waals surface area contributed by atoms with Gasteiger partial charge in [0.1, 0.15) is 5.52 Å². The van der Waals surface area contributed by atoms with Gasteiger partial charge in [-0.2, -0.15) is 4.98 Å². The molecule has 96 valence electrons. The monoisotopic (exact) mass is 247 g/mol. The molecule has 1 saturated carbocycles. The van der Waals surface area contributed by atoms with Crippen molar-refractivity contribution in [2.24, 2.45) is 0 Å². The molecule has 0 bridgehead atoms. The number of ether oxygens (including phenoxy) is 1. The van der Waals surface area contributed by atoms with Gasteiger partial charge in [-0.1, -0.05) is 0 Å². The molecule has 1 aromatic heterocycles. The van der Waals surface area contributed by atoms with Gasteiger partial charge >= 0.3 is 0 Å². The fraction of sp³-hybridized carbons (Fsp3) is 0.462. The maximum Gasteiger partial charge on any atom is 0.295 e. The zero-order valence-electron chi connectivity index (χ0n) is 10.3. The maximum atomic E-state index is 5.70. The lowest BCUT2D eigenvalue weighted by atomic mass is 9.89. The van der Waals surface area contributed by atoms with Crippen molar-refractivity contribution in [3.8, 4) is 0 Å². The number of nitrogens with two attached hydrogens (primary N) is 1. The van der Waals surface area contributed by atoms with Crippen molar-refractivity contribution in [2.75, 3.05) is 17.7 Å². The highest BCUT2D eigenvalue weighted by Crippen LogP contribution is 2.28. The molecule has 5 nitrogen and oxygen atoms in total. The molecule has 1 aromatic carbocycles. The predicted molar refractivity (Wildman–Crippen MR) is 70.5 cm³/mol. The predicted octanol–water partition coefficient (Wildman–Crippen LogP) is 2.39. The summed E-state index contributed by atoms with van der Waals surface area (Å²) in [5.41, 5.74) is 7.95. The molecule has 1 fully saturated rings. The molecule has 0 unspecified atom stereocenters. The quantitative estimate of drug-likeness (QED) is 0.811. The van der Waals surface area contributed by atoms with Gasteiger partial charge in [0, 0.05) is 18.3 Å². The van der Waals surface area contributed by atoms with E-state index in [2.05, 4.69) is 10.3 Å². The third kappa shape index (κ3) is 2.13. The molecule has 0 spiro atoms. The zero-order chi connectivity index (χ0) is 12.5. The van der Waals surface area contributed by atoms with Crippen molar-refractivity contribution < 1.29 is 9.15 Å². The lowest BCUT2D eigenvalue weighted by molar-refractivity contribution is 0.00260. The van der Waals surface area contributed by atoms with Crippen LogP contribution in [0.15, 0.2) is 22.6 Å². The molecule has 3 N–H and O–H groups in total. The number of anilines is 2. The minimum absolute atomic E-state index is 0.382. The van der Waals surface area contributed by atoms with Gasteiger partial charge in [-0.3, -0.25) is 0 Å². The summed E-state index contributed by atoms with van der Waals surface area (Å²) in [4.78, 5) is 4.37. The highest BCUT2D eigenvalue weighted by Gasteiger charge is 2.30. The second-order valence-corrected chi connectivity index (χ2v) is 4.64. The van der Waals surface area contributed by atoms with Crippen LogP contribution in [0.5, 0.6) is 0 Å². The van der Waals surface area contributed by atoms with Crippen LogP contribution in [0.2, 0.25) is 0 Å². The molecule has 1 heterocycles.